The summed E-state index contributed by atoms with van der Waals surface area (Å²) in [6.07, 6.45) is -14.5. The molecular weight excluding hydrogens is 516 g/mol. The van der Waals surface area contributed by atoms with Crippen LogP contribution in [-0.4, -0.2) is 47.9 Å². The van der Waals surface area contributed by atoms with Crippen molar-refractivity contribution in [3.05, 3.63) is 29.3 Å². The van der Waals surface area contributed by atoms with Crippen molar-refractivity contribution in [1.82, 2.24) is 0 Å². The highest BCUT2D eigenvalue weighted by Crippen LogP contribution is 2.50. The molecule has 0 saturated heterocycles. The van der Waals surface area contributed by atoms with Gasteiger partial charge in [-0.25, -0.2) is 4.90 Å². The van der Waals surface area contributed by atoms with Gasteiger partial charge < -0.3 is 0 Å². The molecule has 3 nitrogen and oxygen atoms in total. The van der Waals surface area contributed by atoms with Crippen LogP contribution in [0.5, 0.6) is 0 Å². The number of carbonyl (C=O) groups excluding carboxylic acids is 2. The molecule has 32 heavy (non-hydrogen) atoms. The van der Waals surface area contributed by atoms with Gasteiger partial charge in [-0.1, -0.05) is 17.7 Å². The van der Waals surface area contributed by atoms with Gasteiger partial charge in [-0.15, -0.1) is 0 Å². The van der Waals surface area contributed by atoms with Crippen LogP contribution in [0, 0.1) is 0 Å². The molecule has 0 heterocycles. The van der Waals surface area contributed by atoms with Gasteiger partial charge in [0.05, 0.1) is 5.69 Å². The minimum absolute atomic E-state index is 0.0129. The summed E-state index contributed by atoms with van der Waals surface area (Å²) in [7, 11) is 0. The molecule has 0 N–H and O–H groups in total. The largest absolute Gasteiger partial charge is 0.460 e. The molecule has 1 rings (SSSR count). The second-order valence-corrected chi connectivity index (χ2v) is 6.16. The molecule has 1 aromatic carbocycles. The van der Waals surface area contributed by atoms with Gasteiger partial charge >= 0.3 is 47.9 Å². The van der Waals surface area contributed by atoms with Crippen molar-refractivity contribution in [2.75, 3.05) is 4.90 Å². The van der Waals surface area contributed by atoms with Crippen LogP contribution in [0.3, 0.4) is 0 Å². The minimum atomic E-state index is -7.38. The third kappa shape index (κ3) is 4.30. The first-order valence-corrected chi connectivity index (χ1v) is 7.61. The number of alkyl halides is 14. The second kappa shape index (κ2) is 7.91. The summed E-state index contributed by atoms with van der Waals surface area (Å²) in [5.41, 5.74) is -1.84. The fraction of sp³-hybridized carbons (Fsp3) is 0.429. The van der Waals surface area contributed by atoms with Crippen LogP contribution in [-0.2, 0) is 9.59 Å². The van der Waals surface area contributed by atoms with Crippen LogP contribution in [0.1, 0.15) is 0 Å². The predicted molar refractivity (Wildman–Crippen MR) is 75.8 cm³/mol. The topological polar surface area (TPSA) is 37.4 Å². The highest BCUT2D eigenvalue weighted by molar-refractivity contribution is 6.31. The monoisotopic (exact) mass is 519 g/mol. The van der Waals surface area contributed by atoms with Crippen LogP contribution in [0.2, 0.25) is 5.02 Å². The lowest BCUT2D eigenvalue weighted by molar-refractivity contribution is -0.345. The van der Waals surface area contributed by atoms with Gasteiger partial charge in [-0.2, -0.15) is 61.5 Å². The molecule has 0 bridgehead atoms. The van der Waals surface area contributed by atoms with Crippen LogP contribution in [0.15, 0.2) is 24.3 Å². The molecule has 0 unspecified atom stereocenters. The summed E-state index contributed by atoms with van der Waals surface area (Å²) in [5.74, 6) is -37.4. The summed E-state index contributed by atoms with van der Waals surface area (Å²) in [5, 5.41) is -0.815. The van der Waals surface area contributed by atoms with E-state index in [1.807, 2.05) is 0 Å². The molecule has 0 saturated carbocycles. The fourth-order valence-corrected chi connectivity index (χ4v) is 2.03. The summed E-state index contributed by atoms with van der Waals surface area (Å²) in [6.45, 7) is 0. The number of imide groups is 1. The van der Waals surface area contributed by atoms with Gasteiger partial charge in [-0.05, 0) is 18.2 Å². The van der Waals surface area contributed by atoms with E-state index in [2.05, 4.69) is 0 Å². The number of anilines is 1. The third-order valence-electron chi connectivity index (χ3n) is 3.51. The molecule has 0 radical (unpaired) electrons. The first-order chi connectivity index (χ1) is 13.9. The Morgan fingerprint density at radius 3 is 1.28 bits per heavy atom. The molecule has 0 aliphatic heterocycles. The predicted octanol–water partition coefficient (Wildman–Crippen LogP) is 5.87. The first-order valence-electron chi connectivity index (χ1n) is 7.24. The van der Waals surface area contributed by atoms with E-state index in [1.165, 1.54) is 0 Å². The SMILES string of the molecule is O=C(N(C(=O)C(F)(F)C(F)(F)C(F)(F)F)c1cccc(Cl)c1)C(F)(F)C(F)(F)C(F)(F)F. The summed E-state index contributed by atoms with van der Waals surface area (Å²) in [6, 6.07) is 1.26. The Kier molecular flexibility index (Phi) is 6.85. The van der Waals surface area contributed by atoms with Crippen LogP contribution < -0.4 is 4.90 Å². The lowest BCUT2D eigenvalue weighted by atomic mass is 10.1. The van der Waals surface area contributed by atoms with Crippen LogP contribution in [0.4, 0.5) is 67.2 Å². The molecule has 18 heteroatoms. The maximum absolute atomic E-state index is 13.7. The van der Waals surface area contributed by atoms with E-state index < -0.39 is 63.5 Å². The third-order valence-corrected chi connectivity index (χ3v) is 3.75. The van der Waals surface area contributed by atoms with Crippen LogP contribution in [0.25, 0.3) is 0 Å². The zero-order valence-corrected chi connectivity index (χ0v) is 15.0. The van der Waals surface area contributed by atoms with E-state index in [1.54, 1.807) is 0 Å². The maximum Gasteiger partial charge on any atom is 0.460 e. The molecule has 0 fully saturated rings. The Labute approximate surface area is 171 Å². The molecule has 0 aromatic heterocycles. The van der Waals surface area contributed by atoms with Gasteiger partial charge in [0.1, 0.15) is 0 Å². The fourth-order valence-electron chi connectivity index (χ4n) is 1.85. The quantitative estimate of drug-likeness (QED) is 0.457. The van der Waals surface area contributed by atoms with Crippen LogP contribution >= 0.6 is 11.6 Å². The Balaban J connectivity index is 3.80. The van der Waals surface area contributed by atoms with Gasteiger partial charge in [0, 0.05) is 5.02 Å². The maximum atomic E-state index is 13.7. The van der Waals surface area contributed by atoms with Crippen molar-refractivity contribution in [3.8, 4) is 0 Å². The first kappa shape index (κ1) is 27.7. The van der Waals surface area contributed by atoms with E-state index in [0.717, 1.165) is 6.07 Å². The number of amides is 2. The van der Waals surface area contributed by atoms with Gasteiger partial charge in [0.15, 0.2) is 0 Å². The van der Waals surface area contributed by atoms with Gasteiger partial charge in [0.25, 0.3) is 0 Å². The number of hydrogen-bond acceptors (Lipinski definition) is 2. The highest BCUT2D eigenvalue weighted by Gasteiger charge is 2.80. The Morgan fingerprint density at radius 1 is 0.656 bits per heavy atom. The Morgan fingerprint density at radius 2 is 1.00 bits per heavy atom. The van der Waals surface area contributed by atoms with Crippen molar-refractivity contribution < 1.29 is 71.1 Å². The molecule has 182 valence electrons. The van der Waals surface area contributed by atoms with Crippen molar-refractivity contribution in [1.29, 1.82) is 0 Å². The number of benzene rings is 1. The number of carbonyl (C=O) groups is 2. The van der Waals surface area contributed by atoms with Crippen molar-refractivity contribution in [3.63, 3.8) is 0 Å². The smallest absolute Gasteiger partial charge is 0.267 e. The molecule has 0 aliphatic rings. The normalized spacial score (nSPS) is 14.3. The second-order valence-electron chi connectivity index (χ2n) is 5.72. The summed E-state index contributed by atoms with van der Waals surface area (Å²) >= 11 is 5.27. The number of halogens is 15. The van der Waals surface area contributed by atoms with E-state index in [0.29, 0.717) is 6.07 Å². The van der Waals surface area contributed by atoms with Crippen molar-refractivity contribution in [2.24, 2.45) is 0 Å². The Bertz CT molecular complexity index is 842. The molecule has 0 atom stereocenters. The molecular formula is C14H4ClF14NO2. The zero-order chi connectivity index (χ0) is 25.7. The average molecular weight is 520 g/mol. The number of hydrogen-bond donors (Lipinski definition) is 0. The van der Waals surface area contributed by atoms with Crippen molar-refractivity contribution >= 4 is 29.1 Å². The highest BCUT2D eigenvalue weighted by atomic mass is 35.5. The van der Waals surface area contributed by atoms with Gasteiger partial charge in [0.2, 0.25) is 0 Å². The zero-order valence-electron chi connectivity index (χ0n) is 14.2. The number of nitrogens with zero attached hydrogens (tertiary/aromatic N) is 1. The molecule has 0 aliphatic carbocycles. The lowest BCUT2D eigenvalue weighted by Crippen LogP contribution is -2.66. The number of rotatable bonds is 5. The standard InChI is InChI=1S/C14H4ClF14NO2/c15-5-2-1-3-6(4-5)30(7(31)9(16,17)11(20,21)13(24,25)26)8(32)10(18,19)12(22,23)14(27,28)29/h1-4H. The molecule has 2 amide bonds. The van der Waals surface area contributed by atoms with E-state index >= 15 is 0 Å². The van der Waals surface area contributed by atoms with Gasteiger partial charge in [-0.3, -0.25) is 9.59 Å². The average Bonchev–Trinajstić information content (AvgIpc) is 2.59. The van der Waals surface area contributed by atoms with Crippen molar-refractivity contribution in [2.45, 2.75) is 36.0 Å². The molecule has 0 spiro atoms. The Hall–Kier alpha value is -2.33. The van der Waals surface area contributed by atoms with E-state index in [-0.39, 0.29) is 12.1 Å². The van der Waals surface area contributed by atoms with E-state index in [4.69, 9.17) is 11.6 Å². The minimum Gasteiger partial charge on any atom is -0.267 e. The lowest BCUT2D eigenvalue weighted by Gasteiger charge is -2.34. The summed E-state index contributed by atoms with van der Waals surface area (Å²) < 4.78 is 181. The summed E-state index contributed by atoms with van der Waals surface area (Å²) in [4.78, 5) is 21.4. The molecule has 1 aromatic rings. The van der Waals surface area contributed by atoms with E-state index in [9.17, 15) is 71.1 Å².